The Hall–Kier alpha value is -3.43. The monoisotopic (exact) mass is 492 g/mol. The number of rotatable bonds is 10. The van der Waals surface area contributed by atoms with Gasteiger partial charge in [0.05, 0.1) is 24.3 Å². The number of aromatic nitrogens is 3. The molecule has 0 saturated carbocycles. The summed E-state index contributed by atoms with van der Waals surface area (Å²) in [5, 5.41) is 7.21. The van der Waals surface area contributed by atoms with Crippen LogP contribution in [-0.2, 0) is 9.53 Å². The molecule has 0 radical (unpaired) electrons. The summed E-state index contributed by atoms with van der Waals surface area (Å²) in [7, 11) is 1.63. The lowest BCUT2D eigenvalue weighted by Gasteiger charge is -2.37. The molecule has 1 N–H and O–H groups in total. The van der Waals surface area contributed by atoms with E-state index in [0.29, 0.717) is 19.7 Å². The van der Waals surface area contributed by atoms with Crippen LogP contribution in [0.1, 0.15) is 31.4 Å². The van der Waals surface area contributed by atoms with Crippen LogP contribution in [0.15, 0.2) is 65.7 Å². The number of ether oxygens (including phenoxy) is 1. The summed E-state index contributed by atoms with van der Waals surface area (Å²) in [6.45, 7) is 9.06. The molecule has 3 aromatic rings. The van der Waals surface area contributed by atoms with E-state index in [4.69, 9.17) is 4.74 Å². The maximum Gasteiger partial charge on any atom is 0.350 e. The van der Waals surface area contributed by atoms with E-state index in [1.54, 1.807) is 18.0 Å². The molecular weight excluding hydrogens is 456 g/mol. The standard InChI is InChI=1S/C27H36N6O3/c1-21(2)33-27(35)32(20-29-33)24-11-9-23(10-12-24)31-16-14-30(15-17-31)19-25(22-7-5-4-6-8-22)26(34)28-13-18-36-3/h4-12,20-21,25H,13-19H2,1-3H3,(H,28,34). The molecule has 1 aliphatic heterocycles. The largest absolute Gasteiger partial charge is 0.383 e. The van der Waals surface area contributed by atoms with Crippen molar-refractivity contribution in [3.8, 4) is 5.69 Å². The number of carbonyl (C=O) groups excluding carboxylic acids is 1. The molecule has 1 unspecified atom stereocenters. The fourth-order valence-corrected chi connectivity index (χ4v) is 4.54. The van der Waals surface area contributed by atoms with Gasteiger partial charge in [-0.15, -0.1) is 0 Å². The minimum Gasteiger partial charge on any atom is -0.383 e. The Morgan fingerprint density at radius 1 is 1.00 bits per heavy atom. The molecule has 9 heteroatoms. The molecule has 9 nitrogen and oxygen atoms in total. The molecule has 1 aliphatic rings. The molecule has 2 heterocycles. The van der Waals surface area contributed by atoms with Crippen molar-refractivity contribution in [3.05, 3.63) is 77.0 Å². The van der Waals surface area contributed by atoms with Gasteiger partial charge in [-0.1, -0.05) is 30.3 Å². The summed E-state index contributed by atoms with van der Waals surface area (Å²) in [5.74, 6) is -0.189. The van der Waals surface area contributed by atoms with Crippen LogP contribution in [-0.4, -0.2) is 78.1 Å². The van der Waals surface area contributed by atoms with Crippen LogP contribution >= 0.6 is 0 Å². The van der Waals surface area contributed by atoms with Crippen LogP contribution in [0.2, 0.25) is 0 Å². The van der Waals surface area contributed by atoms with Gasteiger partial charge in [-0.3, -0.25) is 9.69 Å². The van der Waals surface area contributed by atoms with Crippen LogP contribution < -0.4 is 15.9 Å². The van der Waals surface area contributed by atoms with E-state index in [9.17, 15) is 9.59 Å². The highest BCUT2D eigenvalue weighted by molar-refractivity contribution is 5.83. The predicted molar refractivity (Wildman–Crippen MR) is 141 cm³/mol. The third-order valence-electron chi connectivity index (χ3n) is 6.61. The Balaban J connectivity index is 1.37. The Labute approximate surface area is 212 Å². The quantitative estimate of drug-likeness (QED) is 0.437. The van der Waals surface area contributed by atoms with Crippen molar-refractivity contribution in [2.75, 3.05) is 57.9 Å². The highest BCUT2D eigenvalue weighted by Crippen LogP contribution is 2.22. The second kappa shape index (κ2) is 12.0. The predicted octanol–water partition coefficient (Wildman–Crippen LogP) is 2.28. The summed E-state index contributed by atoms with van der Waals surface area (Å²) >= 11 is 0. The summed E-state index contributed by atoms with van der Waals surface area (Å²) in [4.78, 5) is 30.2. The van der Waals surface area contributed by atoms with Crippen molar-refractivity contribution >= 4 is 11.6 Å². The zero-order valence-electron chi connectivity index (χ0n) is 21.3. The van der Waals surface area contributed by atoms with Crippen LogP contribution in [0, 0.1) is 0 Å². The molecule has 1 atom stereocenters. The molecule has 1 amide bonds. The fraction of sp³-hybridized carbons (Fsp3) is 0.444. The van der Waals surface area contributed by atoms with Gasteiger partial charge in [-0.2, -0.15) is 5.10 Å². The first kappa shape index (κ1) is 25.7. The van der Waals surface area contributed by atoms with Gasteiger partial charge < -0.3 is 15.0 Å². The number of anilines is 1. The van der Waals surface area contributed by atoms with Gasteiger partial charge in [0, 0.05) is 52.1 Å². The van der Waals surface area contributed by atoms with Gasteiger partial charge in [0.1, 0.15) is 6.33 Å². The van der Waals surface area contributed by atoms with Crippen molar-refractivity contribution in [1.29, 1.82) is 0 Å². The van der Waals surface area contributed by atoms with Crippen LogP contribution in [0.4, 0.5) is 5.69 Å². The maximum atomic E-state index is 13.0. The number of hydrogen-bond donors (Lipinski definition) is 1. The van der Waals surface area contributed by atoms with Crippen molar-refractivity contribution in [3.63, 3.8) is 0 Å². The first-order valence-corrected chi connectivity index (χ1v) is 12.5. The minimum atomic E-state index is -0.223. The molecule has 4 rings (SSSR count). The topological polar surface area (TPSA) is 84.6 Å². The first-order chi connectivity index (χ1) is 17.5. The number of methoxy groups -OCH3 is 1. The van der Waals surface area contributed by atoms with E-state index in [2.05, 4.69) is 32.3 Å². The van der Waals surface area contributed by atoms with Crippen LogP contribution in [0.25, 0.3) is 5.69 Å². The van der Waals surface area contributed by atoms with Crippen molar-refractivity contribution < 1.29 is 9.53 Å². The van der Waals surface area contributed by atoms with Gasteiger partial charge in [0.25, 0.3) is 0 Å². The number of nitrogens with one attached hydrogen (secondary N) is 1. The summed E-state index contributed by atoms with van der Waals surface area (Å²) in [6.07, 6.45) is 1.57. The van der Waals surface area contributed by atoms with Gasteiger partial charge in [-0.25, -0.2) is 14.0 Å². The van der Waals surface area contributed by atoms with E-state index in [0.717, 1.165) is 43.1 Å². The molecule has 0 bridgehead atoms. The lowest BCUT2D eigenvalue weighted by molar-refractivity contribution is -0.123. The van der Waals surface area contributed by atoms with E-state index in [1.807, 2.05) is 56.3 Å². The number of piperazine rings is 1. The van der Waals surface area contributed by atoms with Gasteiger partial charge in [-0.05, 0) is 43.7 Å². The Kier molecular flexibility index (Phi) is 8.56. The highest BCUT2D eigenvalue weighted by atomic mass is 16.5. The molecule has 36 heavy (non-hydrogen) atoms. The average Bonchev–Trinajstić information content (AvgIpc) is 3.30. The first-order valence-electron chi connectivity index (χ1n) is 12.5. The van der Waals surface area contributed by atoms with E-state index in [1.165, 1.54) is 4.68 Å². The molecular formula is C27H36N6O3. The molecule has 1 aromatic heterocycles. The lowest BCUT2D eigenvalue weighted by Crippen LogP contribution is -2.49. The lowest BCUT2D eigenvalue weighted by atomic mass is 9.97. The molecule has 0 spiro atoms. The Bertz CT molecular complexity index is 1160. The van der Waals surface area contributed by atoms with Gasteiger partial charge in [0.2, 0.25) is 5.91 Å². The minimum absolute atomic E-state index is 0.0206. The second-order valence-electron chi connectivity index (χ2n) is 9.37. The third-order valence-corrected chi connectivity index (χ3v) is 6.61. The van der Waals surface area contributed by atoms with E-state index >= 15 is 0 Å². The molecule has 1 saturated heterocycles. The zero-order chi connectivity index (χ0) is 25.5. The van der Waals surface area contributed by atoms with E-state index in [-0.39, 0.29) is 23.6 Å². The second-order valence-corrected chi connectivity index (χ2v) is 9.37. The third kappa shape index (κ3) is 6.03. The molecule has 192 valence electrons. The number of carbonyl (C=O) groups is 1. The smallest absolute Gasteiger partial charge is 0.350 e. The molecule has 0 aliphatic carbocycles. The van der Waals surface area contributed by atoms with Crippen molar-refractivity contribution in [2.45, 2.75) is 25.8 Å². The van der Waals surface area contributed by atoms with Crippen molar-refractivity contribution in [1.82, 2.24) is 24.6 Å². The molecule has 2 aromatic carbocycles. The summed E-state index contributed by atoms with van der Waals surface area (Å²) in [5.41, 5.74) is 2.83. The highest BCUT2D eigenvalue weighted by Gasteiger charge is 2.26. The number of amides is 1. The van der Waals surface area contributed by atoms with Crippen LogP contribution in [0.5, 0.6) is 0 Å². The normalized spacial score (nSPS) is 15.3. The summed E-state index contributed by atoms with van der Waals surface area (Å²) < 4.78 is 8.13. The SMILES string of the molecule is COCCNC(=O)C(CN1CCN(c2ccc(-n3cnn(C(C)C)c3=O)cc2)CC1)c1ccccc1. The fourth-order valence-electron chi connectivity index (χ4n) is 4.54. The van der Waals surface area contributed by atoms with E-state index < -0.39 is 0 Å². The zero-order valence-corrected chi connectivity index (χ0v) is 21.3. The Morgan fingerprint density at radius 3 is 2.28 bits per heavy atom. The maximum absolute atomic E-state index is 13.0. The van der Waals surface area contributed by atoms with Gasteiger partial charge >= 0.3 is 5.69 Å². The number of nitrogens with zero attached hydrogens (tertiary/aromatic N) is 5. The van der Waals surface area contributed by atoms with Gasteiger partial charge in [0.15, 0.2) is 0 Å². The van der Waals surface area contributed by atoms with Crippen LogP contribution in [0.3, 0.4) is 0 Å². The number of benzene rings is 2. The average molecular weight is 493 g/mol. The number of hydrogen-bond acceptors (Lipinski definition) is 6. The molecule has 1 fully saturated rings. The summed E-state index contributed by atoms with van der Waals surface area (Å²) in [6, 6.07) is 18.0. The Morgan fingerprint density at radius 2 is 1.67 bits per heavy atom. The van der Waals surface area contributed by atoms with Crippen molar-refractivity contribution in [2.24, 2.45) is 0 Å².